The number of rotatable bonds is 4. The molecule has 1 heterocycles. The van der Waals surface area contributed by atoms with Crippen molar-refractivity contribution in [3.05, 3.63) is 33.4 Å². The number of hydrogen-bond acceptors (Lipinski definition) is 2. The van der Waals surface area contributed by atoms with Gasteiger partial charge in [0, 0.05) is 32.2 Å². The van der Waals surface area contributed by atoms with Crippen LogP contribution in [0.2, 0.25) is 0 Å². The monoisotopic (exact) mass is 302 g/mol. The summed E-state index contributed by atoms with van der Waals surface area (Å²) in [4.78, 5) is 2.71. The summed E-state index contributed by atoms with van der Waals surface area (Å²) in [6, 6.07) is 0.570. The zero-order chi connectivity index (χ0) is 16.4. The van der Waals surface area contributed by atoms with Crippen LogP contribution in [0.4, 0.5) is 0 Å². The Morgan fingerprint density at radius 3 is 1.73 bits per heavy atom. The van der Waals surface area contributed by atoms with Crippen LogP contribution in [0.1, 0.15) is 59.7 Å². The first-order valence-corrected chi connectivity index (χ1v) is 8.86. The lowest BCUT2D eigenvalue weighted by Crippen LogP contribution is -2.45. The highest BCUT2D eigenvalue weighted by atomic mass is 15.2. The Hall–Kier alpha value is -0.860. The highest BCUT2D eigenvalue weighted by Gasteiger charge is 2.27. The minimum Gasteiger partial charge on any atom is -0.314 e. The van der Waals surface area contributed by atoms with Crippen LogP contribution in [-0.4, -0.2) is 31.1 Å². The van der Waals surface area contributed by atoms with E-state index in [1.807, 2.05) is 0 Å². The van der Waals surface area contributed by atoms with E-state index in [4.69, 9.17) is 0 Å². The molecule has 0 amide bonds. The third kappa shape index (κ3) is 3.38. The summed E-state index contributed by atoms with van der Waals surface area (Å²) in [5, 5.41) is 3.49. The van der Waals surface area contributed by atoms with E-state index in [1.165, 1.54) is 47.3 Å². The van der Waals surface area contributed by atoms with Gasteiger partial charge in [-0.25, -0.2) is 0 Å². The molecule has 0 unspecified atom stereocenters. The van der Waals surface area contributed by atoms with Gasteiger partial charge in [0.15, 0.2) is 0 Å². The van der Waals surface area contributed by atoms with Gasteiger partial charge >= 0.3 is 0 Å². The molecule has 2 heteroatoms. The lowest BCUT2D eigenvalue weighted by molar-refractivity contribution is 0.153. The first-order chi connectivity index (χ1) is 10.3. The molecule has 124 valence electrons. The molecule has 1 aliphatic heterocycles. The van der Waals surface area contributed by atoms with Crippen LogP contribution < -0.4 is 5.32 Å². The molecule has 0 bridgehead atoms. The second-order valence-electron chi connectivity index (χ2n) is 7.47. The molecule has 1 fully saturated rings. The fraction of sp³-hybridized carbons (Fsp3) is 0.700. The first kappa shape index (κ1) is 17.5. The summed E-state index contributed by atoms with van der Waals surface area (Å²) in [6.45, 7) is 20.8. The molecule has 0 spiro atoms. The van der Waals surface area contributed by atoms with Crippen molar-refractivity contribution in [1.82, 2.24) is 10.2 Å². The van der Waals surface area contributed by atoms with E-state index < -0.39 is 0 Å². The second kappa shape index (κ2) is 7.14. The van der Waals surface area contributed by atoms with Crippen LogP contribution in [0.5, 0.6) is 0 Å². The fourth-order valence-corrected chi connectivity index (χ4v) is 3.92. The summed E-state index contributed by atoms with van der Waals surface area (Å²) >= 11 is 0. The number of hydrogen-bond donors (Lipinski definition) is 1. The average Bonchev–Trinajstić information content (AvgIpc) is 2.50. The second-order valence-corrected chi connectivity index (χ2v) is 7.47. The zero-order valence-electron chi connectivity index (χ0n) is 15.6. The topological polar surface area (TPSA) is 15.3 Å². The number of nitrogens with zero attached hydrogens (tertiary/aromatic N) is 1. The summed E-state index contributed by atoms with van der Waals surface area (Å²) in [5.74, 6) is 0.723. The lowest BCUT2D eigenvalue weighted by Gasteiger charge is -2.38. The summed E-state index contributed by atoms with van der Waals surface area (Å²) < 4.78 is 0. The van der Waals surface area contributed by atoms with Crippen LogP contribution in [0.15, 0.2) is 0 Å². The van der Waals surface area contributed by atoms with Crippen molar-refractivity contribution in [2.45, 2.75) is 60.9 Å². The minimum atomic E-state index is 0.570. The Morgan fingerprint density at radius 1 is 0.818 bits per heavy atom. The molecular weight excluding hydrogens is 268 g/mol. The Labute approximate surface area is 137 Å². The predicted molar refractivity (Wildman–Crippen MR) is 96.8 cm³/mol. The molecular formula is C20H34N2. The number of piperazine rings is 1. The van der Waals surface area contributed by atoms with E-state index in [1.54, 1.807) is 5.56 Å². The molecule has 1 aromatic carbocycles. The Morgan fingerprint density at radius 2 is 1.27 bits per heavy atom. The SMILES string of the molecule is Cc1c(C)c(C)c([C@@H](CC(C)C)N2CCNCC2)c(C)c1C. The molecule has 1 aromatic rings. The number of benzene rings is 1. The highest BCUT2D eigenvalue weighted by molar-refractivity contribution is 5.50. The third-order valence-electron chi connectivity index (χ3n) is 5.68. The fourth-order valence-electron chi connectivity index (χ4n) is 3.92. The molecule has 2 nitrogen and oxygen atoms in total. The van der Waals surface area contributed by atoms with Crippen molar-refractivity contribution in [2.24, 2.45) is 5.92 Å². The Balaban J connectivity index is 2.51. The maximum atomic E-state index is 3.49. The van der Waals surface area contributed by atoms with Gasteiger partial charge in [0.05, 0.1) is 0 Å². The lowest BCUT2D eigenvalue weighted by atomic mass is 9.83. The zero-order valence-corrected chi connectivity index (χ0v) is 15.6. The van der Waals surface area contributed by atoms with Crippen LogP contribution in [0.25, 0.3) is 0 Å². The van der Waals surface area contributed by atoms with E-state index in [9.17, 15) is 0 Å². The van der Waals surface area contributed by atoms with E-state index in [2.05, 4.69) is 58.7 Å². The maximum Gasteiger partial charge on any atom is 0.0357 e. The van der Waals surface area contributed by atoms with E-state index >= 15 is 0 Å². The van der Waals surface area contributed by atoms with Crippen LogP contribution >= 0.6 is 0 Å². The quantitative estimate of drug-likeness (QED) is 0.896. The van der Waals surface area contributed by atoms with Crippen molar-refractivity contribution >= 4 is 0 Å². The van der Waals surface area contributed by atoms with Gasteiger partial charge in [-0.3, -0.25) is 4.90 Å². The molecule has 0 saturated carbocycles. The Bertz CT molecular complexity index is 496. The molecule has 1 aliphatic rings. The largest absolute Gasteiger partial charge is 0.314 e. The van der Waals surface area contributed by atoms with Gasteiger partial charge in [0.1, 0.15) is 0 Å². The maximum absolute atomic E-state index is 3.49. The molecule has 0 aromatic heterocycles. The van der Waals surface area contributed by atoms with Crippen molar-refractivity contribution < 1.29 is 0 Å². The Kier molecular flexibility index (Phi) is 5.68. The van der Waals surface area contributed by atoms with Gasteiger partial charge in [-0.15, -0.1) is 0 Å². The van der Waals surface area contributed by atoms with Crippen molar-refractivity contribution in [3.8, 4) is 0 Å². The van der Waals surface area contributed by atoms with Gasteiger partial charge in [0.25, 0.3) is 0 Å². The predicted octanol–water partition coefficient (Wildman–Crippen LogP) is 4.22. The average molecular weight is 303 g/mol. The first-order valence-electron chi connectivity index (χ1n) is 8.86. The molecule has 1 atom stereocenters. The summed E-state index contributed by atoms with van der Waals surface area (Å²) in [7, 11) is 0. The van der Waals surface area contributed by atoms with Gasteiger partial charge in [-0.05, 0) is 80.3 Å². The number of nitrogens with one attached hydrogen (secondary N) is 1. The summed E-state index contributed by atoms with van der Waals surface area (Å²) in [6.07, 6.45) is 1.25. The highest BCUT2D eigenvalue weighted by Crippen LogP contribution is 2.36. The molecule has 1 saturated heterocycles. The standard InChI is InChI=1S/C20H34N2/c1-13(2)12-19(22-10-8-21-9-11-22)20-17(6)15(4)14(3)16(5)18(20)7/h13,19,21H,8-12H2,1-7H3/t19-/m1/s1. The van der Waals surface area contributed by atoms with Crippen LogP contribution in [0, 0.1) is 40.5 Å². The van der Waals surface area contributed by atoms with E-state index in [0.717, 1.165) is 19.0 Å². The third-order valence-corrected chi connectivity index (χ3v) is 5.68. The molecule has 0 aliphatic carbocycles. The van der Waals surface area contributed by atoms with Gasteiger partial charge in [0.2, 0.25) is 0 Å². The van der Waals surface area contributed by atoms with Crippen molar-refractivity contribution in [1.29, 1.82) is 0 Å². The van der Waals surface area contributed by atoms with Crippen LogP contribution in [-0.2, 0) is 0 Å². The van der Waals surface area contributed by atoms with E-state index in [-0.39, 0.29) is 0 Å². The van der Waals surface area contributed by atoms with Crippen LogP contribution in [0.3, 0.4) is 0 Å². The van der Waals surface area contributed by atoms with Crippen molar-refractivity contribution in [2.75, 3.05) is 26.2 Å². The molecule has 22 heavy (non-hydrogen) atoms. The van der Waals surface area contributed by atoms with Crippen molar-refractivity contribution in [3.63, 3.8) is 0 Å². The van der Waals surface area contributed by atoms with Gasteiger partial charge in [-0.1, -0.05) is 13.8 Å². The molecule has 2 rings (SSSR count). The normalized spacial score (nSPS) is 18.0. The van der Waals surface area contributed by atoms with Gasteiger partial charge in [-0.2, -0.15) is 0 Å². The van der Waals surface area contributed by atoms with Gasteiger partial charge < -0.3 is 5.32 Å². The van der Waals surface area contributed by atoms with E-state index in [0.29, 0.717) is 6.04 Å². The molecule has 0 radical (unpaired) electrons. The molecule has 1 N–H and O–H groups in total. The smallest absolute Gasteiger partial charge is 0.0357 e. The summed E-state index contributed by atoms with van der Waals surface area (Å²) in [5.41, 5.74) is 9.09. The minimum absolute atomic E-state index is 0.570.